The predicted octanol–water partition coefficient (Wildman–Crippen LogP) is 3.63. The molecule has 0 bridgehead atoms. The first kappa shape index (κ1) is 13.8. The van der Waals surface area contributed by atoms with Gasteiger partial charge < -0.3 is 10.6 Å². The van der Waals surface area contributed by atoms with Crippen molar-refractivity contribution in [2.45, 2.75) is 24.8 Å². The maximum absolute atomic E-state index is 12.2. The molecule has 0 saturated heterocycles. The Labute approximate surface area is 134 Å². The van der Waals surface area contributed by atoms with Gasteiger partial charge >= 0.3 is 6.03 Å². The lowest BCUT2D eigenvalue weighted by Crippen LogP contribution is -2.45. The number of nitrogens with zero attached hydrogens (tertiary/aromatic N) is 1. The quantitative estimate of drug-likeness (QED) is 0.691. The van der Waals surface area contributed by atoms with Gasteiger partial charge in [-0.15, -0.1) is 0 Å². The van der Waals surface area contributed by atoms with Gasteiger partial charge in [-0.25, -0.2) is 4.79 Å². The zero-order valence-corrected chi connectivity index (χ0v) is 12.6. The second-order valence-electron chi connectivity index (χ2n) is 6.01. The van der Waals surface area contributed by atoms with Gasteiger partial charge in [-0.3, -0.25) is 5.10 Å². The molecule has 5 heteroatoms. The minimum Gasteiger partial charge on any atom is -0.335 e. The van der Waals surface area contributed by atoms with Crippen molar-refractivity contribution in [3.05, 3.63) is 60.3 Å². The summed E-state index contributed by atoms with van der Waals surface area (Å²) in [5.41, 5.74) is 3.04. The smallest absolute Gasteiger partial charge is 0.319 e. The van der Waals surface area contributed by atoms with Crippen molar-refractivity contribution in [1.29, 1.82) is 0 Å². The highest BCUT2D eigenvalue weighted by molar-refractivity contribution is 6.00. The van der Waals surface area contributed by atoms with E-state index in [1.807, 2.05) is 24.3 Å². The van der Waals surface area contributed by atoms with Gasteiger partial charge in [0.15, 0.2) is 0 Å². The second kappa shape index (κ2) is 5.76. The number of aromatic amines is 1. The van der Waals surface area contributed by atoms with Gasteiger partial charge in [-0.05, 0) is 36.5 Å². The molecule has 0 spiro atoms. The standard InChI is InChI=1S/C18H18N4O/c23-18(21-16-7-4-8-17-15(16)11-19-22-17)20-14-9-13(10-14)12-5-2-1-3-6-12/h1-8,11,13-14H,9-10H2,(H,19,22)(H2,20,21,23)/t13-,14+. The topological polar surface area (TPSA) is 69.8 Å². The van der Waals surface area contributed by atoms with Gasteiger partial charge in [0.1, 0.15) is 0 Å². The number of amides is 2. The van der Waals surface area contributed by atoms with Crippen molar-refractivity contribution in [3.8, 4) is 0 Å². The monoisotopic (exact) mass is 306 g/mol. The molecule has 5 nitrogen and oxygen atoms in total. The first-order valence-electron chi connectivity index (χ1n) is 7.84. The van der Waals surface area contributed by atoms with E-state index in [0.717, 1.165) is 29.4 Å². The molecule has 1 saturated carbocycles. The highest BCUT2D eigenvalue weighted by Gasteiger charge is 2.31. The molecule has 116 valence electrons. The Kier molecular flexibility index (Phi) is 3.46. The van der Waals surface area contributed by atoms with Crippen LogP contribution in [0, 0.1) is 0 Å². The molecule has 1 fully saturated rings. The van der Waals surface area contributed by atoms with Gasteiger partial charge in [-0.2, -0.15) is 5.10 Å². The number of anilines is 1. The number of nitrogens with one attached hydrogen (secondary N) is 3. The van der Waals surface area contributed by atoms with E-state index in [9.17, 15) is 4.79 Å². The number of urea groups is 1. The van der Waals surface area contributed by atoms with Crippen LogP contribution in [0.1, 0.15) is 24.3 Å². The van der Waals surface area contributed by atoms with Crippen LogP contribution in [-0.4, -0.2) is 22.3 Å². The van der Waals surface area contributed by atoms with Crippen LogP contribution in [0.2, 0.25) is 0 Å². The maximum Gasteiger partial charge on any atom is 0.319 e. The van der Waals surface area contributed by atoms with Crippen LogP contribution >= 0.6 is 0 Å². The molecule has 1 aliphatic rings. The zero-order chi connectivity index (χ0) is 15.6. The molecule has 3 aromatic rings. The summed E-state index contributed by atoms with van der Waals surface area (Å²) in [6.45, 7) is 0. The number of carbonyl (C=O) groups excluding carboxylic acids is 1. The number of carbonyl (C=O) groups is 1. The minimum absolute atomic E-state index is 0.157. The fourth-order valence-electron chi connectivity index (χ4n) is 3.15. The molecule has 0 unspecified atom stereocenters. The number of H-pyrrole nitrogens is 1. The number of aromatic nitrogens is 2. The molecule has 3 N–H and O–H groups in total. The van der Waals surface area contributed by atoms with E-state index in [0.29, 0.717) is 5.92 Å². The van der Waals surface area contributed by atoms with E-state index in [1.165, 1.54) is 5.56 Å². The molecule has 1 aromatic heterocycles. The fourth-order valence-corrected chi connectivity index (χ4v) is 3.15. The average Bonchev–Trinajstić information content (AvgIpc) is 3.01. The average molecular weight is 306 g/mol. The number of benzene rings is 2. The zero-order valence-electron chi connectivity index (χ0n) is 12.6. The van der Waals surface area contributed by atoms with Crippen molar-refractivity contribution in [1.82, 2.24) is 15.5 Å². The van der Waals surface area contributed by atoms with Gasteiger partial charge in [0.25, 0.3) is 0 Å². The highest BCUT2D eigenvalue weighted by atomic mass is 16.2. The second-order valence-corrected chi connectivity index (χ2v) is 6.01. The van der Waals surface area contributed by atoms with Crippen LogP contribution in [0.25, 0.3) is 10.9 Å². The van der Waals surface area contributed by atoms with Gasteiger partial charge in [-0.1, -0.05) is 36.4 Å². The summed E-state index contributed by atoms with van der Waals surface area (Å²) in [6.07, 6.45) is 3.71. The van der Waals surface area contributed by atoms with Gasteiger partial charge in [0.2, 0.25) is 0 Å². The third-order valence-electron chi connectivity index (χ3n) is 4.48. The number of rotatable bonds is 3. The van der Waals surface area contributed by atoms with E-state index in [-0.39, 0.29) is 12.1 Å². The van der Waals surface area contributed by atoms with Crippen molar-refractivity contribution < 1.29 is 4.79 Å². The first-order chi connectivity index (χ1) is 11.3. The summed E-state index contributed by atoms with van der Waals surface area (Å²) < 4.78 is 0. The largest absolute Gasteiger partial charge is 0.335 e. The van der Waals surface area contributed by atoms with E-state index in [2.05, 4.69) is 45.1 Å². The summed E-state index contributed by atoms with van der Waals surface area (Å²) in [5, 5.41) is 13.8. The molecule has 2 aromatic carbocycles. The summed E-state index contributed by atoms with van der Waals surface area (Å²) in [5.74, 6) is 0.554. The Morgan fingerprint density at radius 2 is 1.91 bits per heavy atom. The lowest BCUT2D eigenvalue weighted by molar-refractivity contribution is 0.233. The van der Waals surface area contributed by atoms with E-state index in [1.54, 1.807) is 6.20 Å². The van der Waals surface area contributed by atoms with Crippen molar-refractivity contribution in [2.75, 3.05) is 5.32 Å². The fraction of sp³-hybridized carbons (Fsp3) is 0.222. The molecule has 23 heavy (non-hydrogen) atoms. The SMILES string of the molecule is O=C(Nc1cccc2[nH]ncc12)N[C@H]1C[C@@H](c2ccccc2)C1. The highest BCUT2D eigenvalue weighted by Crippen LogP contribution is 2.36. The summed E-state index contributed by atoms with van der Waals surface area (Å²) in [6, 6.07) is 16.3. The predicted molar refractivity (Wildman–Crippen MR) is 90.5 cm³/mol. The molecule has 0 atom stereocenters. The van der Waals surface area contributed by atoms with Gasteiger partial charge in [0.05, 0.1) is 17.4 Å². The Morgan fingerprint density at radius 1 is 1.09 bits per heavy atom. The third-order valence-corrected chi connectivity index (χ3v) is 4.48. The Bertz CT molecular complexity index is 821. The Hall–Kier alpha value is -2.82. The Morgan fingerprint density at radius 3 is 2.74 bits per heavy atom. The molecule has 0 radical (unpaired) electrons. The van der Waals surface area contributed by atoms with E-state index >= 15 is 0 Å². The van der Waals surface area contributed by atoms with Crippen LogP contribution in [-0.2, 0) is 0 Å². The summed E-state index contributed by atoms with van der Waals surface area (Å²) >= 11 is 0. The number of hydrogen-bond acceptors (Lipinski definition) is 2. The molecule has 4 rings (SSSR count). The van der Waals surface area contributed by atoms with Crippen LogP contribution < -0.4 is 10.6 Å². The van der Waals surface area contributed by atoms with Crippen LogP contribution in [0.3, 0.4) is 0 Å². The van der Waals surface area contributed by atoms with Crippen molar-refractivity contribution >= 4 is 22.6 Å². The van der Waals surface area contributed by atoms with Crippen molar-refractivity contribution in [3.63, 3.8) is 0 Å². The first-order valence-corrected chi connectivity index (χ1v) is 7.84. The normalized spacial score (nSPS) is 20.0. The number of hydrogen-bond donors (Lipinski definition) is 3. The molecule has 0 aliphatic heterocycles. The molecular weight excluding hydrogens is 288 g/mol. The molecule has 1 aliphatic carbocycles. The van der Waals surface area contributed by atoms with E-state index in [4.69, 9.17) is 0 Å². The lowest BCUT2D eigenvalue weighted by atomic mass is 9.76. The molecule has 1 heterocycles. The minimum atomic E-state index is -0.157. The maximum atomic E-state index is 12.2. The Balaban J connectivity index is 1.34. The van der Waals surface area contributed by atoms with Crippen LogP contribution in [0.15, 0.2) is 54.7 Å². The molecule has 2 amide bonds. The van der Waals surface area contributed by atoms with Crippen LogP contribution in [0.4, 0.5) is 10.5 Å². The van der Waals surface area contributed by atoms with Crippen LogP contribution in [0.5, 0.6) is 0 Å². The third kappa shape index (κ3) is 2.77. The summed E-state index contributed by atoms with van der Waals surface area (Å²) in [7, 11) is 0. The van der Waals surface area contributed by atoms with E-state index < -0.39 is 0 Å². The van der Waals surface area contributed by atoms with Gasteiger partial charge in [0, 0.05) is 11.4 Å². The lowest BCUT2D eigenvalue weighted by Gasteiger charge is -2.36. The molecular formula is C18H18N4O. The van der Waals surface area contributed by atoms with Crippen molar-refractivity contribution in [2.24, 2.45) is 0 Å². The number of fused-ring (bicyclic) bond motifs is 1. The summed E-state index contributed by atoms with van der Waals surface area (Å²) in [4.78, 5) is 12.2.